The van der Waals surface area contributed by atoms with E-state index in [4.69, 9.17) is 0 Å². The summed E-state index contributed by atoms with van der Waals surface area (Å²) in [5.41, 5.74) is 13.5. The van der Waals surface area contributed by atoms with Crippen molar-refractivity contribution < 1.29 is 9.90 Å². The average molecular weight is 819 g/mol. The van der Waals surface area contributed by atoms with Crippen LogP contribution in [0.2, 0.25) is 0 Å². The molecule has 0 unspecified atom stereocenters. The molecule has 3 heterocycles. The summed E-state index contributed by atoms with van der Waals surface area (Å²) >= 11 is 3.43. The van der Waals surface area contributed by atoms with Crippen LogP contribution in [0, 0.1) is 27.7 Å². The molecule has 2 aliphatic carbocycles. The Kier molecular flexibility index (Phi) is 10.7. The SMILES string of the molecule is Cc1ccc(N(c2ccc(C)cc2)c2ccc(/C=C/c3ccc(C4=C(O)C(=C5C=C/C(=C\C=C6/C=CC(=[N+](c7ccc(C)cc7)c7ccc(C)cc7)S6)C5)C4=O)[nH]3)s2)cc1. The Morgan fingerprint density at radius 1 is 0.633 bits per heavy atom. The number of H-pyrrole nitrogens is 1. The van der Waals surface area contributed by atoms with Gasteiger partial charge in [0.1, 0.15) is 10.8 Å². The molecule has 7 heteroatoms. The number of aliphatic hydroxyl groups is 1. The predicted octanol–water partition coefficient (Wildman–Crippen LogP) is 14.1. The van der Waals surface area contributed by atoms with Gasteiger partial charge < -0.3 is 15.0 Å². The van der Waals surface area contributed by atoms with E-state index in [1.165, 1.54) is 22.3 Å². The number of ketones is 1. The lowest BCUT2D eigenvalue weighted by atomic mass is 9.82. The highest BCUT2D eigenvalue weighted by Crippen LogP contribution is 2.42. The van der Waals surface area contributed by atoms with Crippen LogP contribution in [0.5, 0.6) is 0 Å². The number of carbonyl (C=O) groups excluding carboxylic acids is 1. The van der Waals surface area contributed by atoms with Gasteiger partial charge in [-0.3, -0.25) is 4.79 Å². The Hall–Kier alpha value is -6.67. The van der Waals surface area contributed by atoms with E-state index < -0.39 is 0 Å². The van der Waals surface area contributed by atoms with Gasteiger partial charge in [0.2, 0.25) is 17.2 Å². The second-order valence-corrected chi connectivity index (χ2v) is 17.6. The molecule has 0 radical (unpaired) electrons. The molecule has 60 heavy (non-hydrogen) atoms. The number of thioether (sulfide) groups is 1. The lowest BCUT2D eigenvalue weighted by molar-refractivity contribution is -0.111. The van der Waals surface area contributed by atoms with Crippen LogP contribution in [0.4, 0.5) is 27.8 Å². The van der Waals surface area contributed by atoms with Crippen molar-refractivity contribution in [2.75, 3.05) is 4.90 Å². The highest BCUT2D eigenvalue weighted by Gasteiger charge is 2.38. The maximum atomic E-state index is 13.5. The van der Waals surface area contributed by atoms with Crippen LogP contribution < -0.4 is 9.48 Å². The van der Waals surface area contributed by atoms with E-state index in [9.17, 15) is 9.90 Å². The van der Waals surface area contributed by atoms with Crippen LogP contribution in [0.15, 0.2) is 185 Å². The van der Waals surface area contributed by atoms with Crippen LogP contribution in [-0.4, -0.2) is 20.9 Å². The topological polar surface area (TPSA) is 59.3 Å². The number of benzene rings is 4. The number of aryl methyl sites for hydroxylation is 4. The van der Waals surface area contributed by atoms with Crippen molar-refractivity contribution in [3.63, 3.8) is 0 Å². The monoisotopic (exact) mass is 818 g/mol. The minimum absolute atomic E-state index is 0.0488. The number of aromatic nitrogens is 1. The number of carbonyl (C=O) groups is 1. The first-order valence-corrected chi connectivity index (χ1v) is 21.7. The number of aromatic amines is 1. The minimum Gasteiger partial charge on any atom is -0.506 e. The molecule has 0 atom stereocenters. The molecule has 0 spiro atoms. The van der Waals surface area contributed by atoms with E-state index >= 15 is 0 Å². The highest BCUT2D eigenvalue weighted by molar-refractivity contribution is 8.18. The Labute approximate surface area is 359 Å². The minimum atomic E-state index is -0.139. The normalized spacial score (nSPS) is 17.5. The van der Waals surface area contributed by atoms with E-state index in [0.29, 0.717) is 23.3 Å². The van der Waals surface area contributed by atoms with E-state index in [1.807, 2.05) is 30.4 Å². The summed E-state index contributed by atoms with van der Waals surface area (Å²) in [4.78, 5) is 21.4. The standard InChI is InChI=1S/C53H43N3O2S2/c1-34-5-18-41(19-6-34)55(42-20-7-35(2)8-21-42)48-31-28-45(59-48)26-14-38-13-15-39(33-38)50-52(57)51(53(50)58)47-30-17-40(54-47)16-27-46-29-32-49(60-46)56(43-22-9-36(3)10-23-43)44-24-11-37(4)12-25-44/h5-32H,33H2,1-4H3,(H,57,58)/p+1/b27-16+. The molecule has 3 aliphatic rings. The molecule has 294 valence electrons. The van der Waals surface area contributed by atoms with Crippen molar-refractivity contribution in [1.29, 1.82) is 0 Å². The Morgan fingerprint density at radius 3 is 1.83 bits per heavy atom. The summed E-state index contributed by atoms with van der Waals surface area (Å²) in [6.07, 6.45) is 17.2. The van der Waals surface area contributed by atoms with Gasteiger partial charge in [0, 0.05) is 57.2 Å². The van der Waals surface area contributed by atoms with Gasteiger partial charge in [-0.1, -0.05) is 89.0 Å². The molecule has 9 rings (SSSR count). The fraction of sp³-hybridized carbons (Fsp3) is 0.0943. The van der Waals surface area contributed by atoms with Crippen molar-refractivity contribution in [3.8, 4) is 0 Å². The first kappa shape index (κ1) is 38.8. The number of nitrogens with zero attached hydrogens (tertiary/aromatic N) is 2. The Morgan fingerprint density at radius 2 is 1.23 bits per heavy atom. The molecule has 0 saturated carbocycles. The highest BCUT2D eigenvalue weighted by atomic mass is 32.2. The van der Waals surface area contributed by atoms with Crippen molar-refractivity contribution in [1.82, 2.24) is 9.56 Å². The molecule has 2 N–H and O–H groups in total. The Balaban J connectivity index is 0.883. The number of thiophene rings is 1. The van der Waals surface area contributed by atoms with Gasteiger partial charge >= 0.3 is 0 Å². The molecular weight excluding hydrogens is 775 g/mol. The average Bonchev–Trinajstić information content (AvgIpc) is 4.09. The van der Waals surface area contributed by atoms with Gasteiger partial charge in [-0.25, -0.2) is 0 Å². The number of anilines is 3. The summed E-state index contributed by atoms with van der Waals surface area (Å²) in [5.74, 6) is -0.0900. The molecular formula is C53H44N3O2S2+. The second-order valence-electron chi connectivity index (χ2n) is 15.4. The molecule has 0 fully saturated rings. The number of hydrogen-bond donors (Lipinski definition) is 2. The maximum absolute atomic E-state index is 13.5. The predicted molar refractivity (Wildman–Crippen MR) is 255 cm³/mol. The lowest BCUT2D eigenvalue weighted by Crippen LogP contribution is -2.22. The van der Waals surface area contributed by atoms with E-state index in [0.717, 1.165) is 59.4 Å². The van der Waals surface area contributed by atoms with Gasteiger partial charge in [-0.05, 0) is 130 Å². The fourth-order valence-electron chi connectivity index (χ4n) is 7.48. The molecule has 0 amide bonds. The third kappa shape index (κ3) is 8.02. The van der Waals surface area contributed by atoms with E-state index in [-0.39, 0.29) is 11.5 Å². The summed E-state index contributed by atoms with van der Waals surface area (Å²) in [6.45, 7) is 8.41. The Bertz CT molecular complexity index is 2800. The number of aliphatic hydroxyl groups excluding tert-OH is 1. The molecule has 6 aromatic rings. The van der Waals surface area contributed by atoms with Gasteiger partial charge in [0.15, 0.2) is 0 Å². The summed E-state index contributed by atoms with van der Waals surface area (Å²) in [7, 11) is 0. The fourth-order valence-corrected chi connectivity index (χ4v) is 9.39. The van der Waals surface area contributed by atoms with Crippen molar-refractivity contribution >= 4 is 79.4 Å². The van der Waals surface area contributed by atoms with Crippen molar-refractivity contribution in [3.05, 3.63) is 224 Å². The molecule has 4 aromatic carbocycles. The summed E-state index contributed by atoms with van der Waals surface area (Å²) in [5, 5.41) is 13.4. The first-order valence-electron chi connectivity index (χ1n) is 20.0. The summed E-state index contributed by atoms with van der Waals surface area (Å²) < 4.78 is 2.29. The van der Waals surface area contributed by atoms with Crippen LogP contribution in [0.3, 0.4) is 0 Å². The zero-order valence-electron chi connectivity index (χ0n) is 33.9. The molecule has 1 aliphatic heterocycles. The smallest absolute Gasteiger partial charge is 0.251 e. The van der Waals surface area contributed by atoms with Gasteiger partial charge in [-0.15, -0.1) is 15.9 Å². The number of allylic oxidation sites excluding steroid dienone is 9. The van der Waals surface area contributed by atoms with Gasteiger partial charge in [0.25, 0.3) is 5.04 Å². The van der Waals surface area contributed by atoms with Gasteiger partial charge in [-0.2, -0.15) is 0 Å². The maximum Gasteiger partial charge on any atom is 0.251 e. The molecule has 0 saturated heterocycles. The van der Waals surface area contributed by atoms with E-state index in [1.54, 1.807) is 23.1 Å². The number of Topliss-reactive ketones (excluding diaryl/α,β-unsaturated/α-hetero) is 1. The van der Waals surface area contributed by atoms with Crippen LogP contribution in [0.1, 0.15) is 44.9 Å². The third-order valence-corrected chi connectivity index (χ3v) is 12.9. The summed E-state index contributed by atoms with van der Waals surface area (Å²) in [6, 6.07) is 42.5. The van der Waals surface area contributed by atoms with Crippen molar-refractivity contribution in [2.45, 2.75) is 34.1 Å². The number of rotatable bonds is 9. The number of nitrogens with one attached hydrogen (secondary N) is 1. The van der Waals surface area contributed by atoms with Crippen LogP contribution >= 0.6 is 23.1 Å². The third-order valence-electron chi connectivity index (χ3n) is 10.8. The molecule has 0 bridgehead atoms. The lowest BCUT2D eigenvalue weighted by Gasteiger charge is -2.23. The number of hydrogen-bond acceptors (Lipinski definition) is 5. The van der Waals surface area contributed by atoms with E-state index in [2.05, 4.69) is 182 Å². The quantitative estimate of drug-likeness (QED) is 0.113. The van der Waals surface area contributed by atoms with Crippen LogP contribution in [0.25, 0.3) is 17.7 Å². The molecule has 2 aromatic heterocycles. The molecule has 5 nitrogen and oxygen atoms in total. The zero-order valence-corrected chi connectivity index (χ0v) is 35.6. The largest absolute Gasteiger partial charge is 0.506 e. The zero-order chi connectivity index (χ0) is 41.3. The van der Waals surface area contributed by atoms with Crippen LogP contribution in [-0.2, 0) is 4.79 Å². The first-order chi connectivity index (χ1) is 29.2. The van der Waals surface area contributed by atoms with Crippen molar-refractivity contribution in [2.24, 2.45) is 0 Å². The second kappa shape index (κ2) is 16.5. The van der Waals surface area contributed by atoms with Gasteiger partial charge in [0.05, 0.1) is 16.8 Å².